The second kappa shape index (κ2) is 5.25. The van der Waals surface area contributed by atoms with Crippen LogP contribution in [0.25, 0.3) is 33.4 Å². The van der Waals surface area contributed by atoms with Gasteiger partial charge in [-0.1, -0.05) is 6.07 Å². The van der Waals surface area contributed by atoms with Gasteiger partial charge >= 0.3 is 0 Å². The lowest BCUT2D eigenvalue weighted by Crippen LogP contribution is -2.00. The van der Waals surface area contributed by atoms with Crippen LogP contribution in [0, 0.1) is 5.82 Å². The lowest BCUT2D eigenvalue weighted by atomic mass is 10.1. The number of hydrogen-bond donors (Lipinski definition) is 0. The minimum atomic E-state index is -0.334. The molecule has 0 atom stereocenters. The second-order valence-corrected chi connectivity index (χ2v) is 5.20. The lowest BCUT2D eigenvalue weighted by molar-refractivity contribution is 0.568. The Balaban J connectivity index is 1.91. The van der Waals surface area contributed by atoms with E-state index in [0.717, 1.165) is 11.1 Å². The first-order valence-corrected chi connectivity index (χ1v) is 7.07. The van der Waals surface area contributed by atoms with Gasteiger partial charge in [0.2, 0.25) is 0 Å². The van der Waals surface area contributed by atoms with Crippen molar-refractivity contribution in [3.63, 3.8) is 0 Å². The van der Waals surface area contributed by atoms with Gasteiger partial charge in [0, 0.05) is 17.2 Å². The molecule has 0 saturated carbocycles. The van der Waals surface area contributed by atoms with Crippen LogP contribution < -0.4 is 5.43 Å². The highest BCUT2D eigenvalue weighted by molar-refractivity contribution is 5.83. The quantitative estimate of drug-likeness (QED) is 0.531. The third-order valence-corrected chi connectivity index (χ3v) is 3.71. The first kappa shape index (κ1) is 13.5. The summed E-state index contributed by atoms with van der Waals surface area (Å²) in [5.74, 6) is 0.0750. The predicted octanol–water partition coefficient (Wildman–Crippen LogP) is 4.86. The van der Waals surface area contributed by atoms with Gasteiger partial charge in [-0.3, -0.25) is 4.79 Å². The number of benzene rings is 2. The zero-order valence-corrected chi connectivity index (χ0v) is 12.0. The summed E-state index contributed by atoms with van der Waals surface area (Å²) in [6, 6.07) is 14.5. The lowest BCUT2D eigenvalue weighted by Gasteiger charge is -2.05. The topological polar surface area (TPSA) is 43.4 Å². The van der Waals surface area contributed by atoms with Crippen LogP contribution >= 0.6 is 0 Å². The monoisotopic (exact) mass is 306 g/mol. The smallest absolute Gasteiger partial charge is 0.193 e. The Kier molecular flexibility index (Phi) is 3.08. The van der Waals surface area contributed by atoms with E-state index >= 15 is 0 Å². The molecule has 2 aromatic heterocycles. The molecule has 3 nitrogen and oxygen atoms in total. The summed E-state index contributed by atoms with van der Waals surface area (Å²) >= 11 is 0. The van der Waals surface area contributed by atoms with E-state index in [-0.39, 0.29) is 11.2 Å². The highest BCUT2D eigenvalue weighted by Crippen LogP contribution is 2.27. The summed E-state index contributed by atoms with van der Waals surface area (Å²) < 4.78 is 24.0. The summed E-state index contributed by atoms with van der Waals surface area (Å²) in [6.07, 6.45) is 3.22. The molecule has 0 aliphatic carbocycles. The zero-order valence-electron chi connectivity index (χ0n) is 12.0. The average Bonchev–Trinajstić information content (AvgIpc) is 3.09. The van der Waals surface area contributed by atoms with E-state index in [2.05, 4.69) is 0 Å². The molecule has 0 radical (unpaired) electrons. The summed E-state index contributed by atoms with van der Waals surface area (Å²) in [7, 11) is 0. The minimum absolute atomic E-state index is 0.135. The summed E-state index contributed by atoms with van der Waals surface area (Å²) in [5, 5.41) is 0.503. The molecule has 0 unspecified atom stereocenters. The van der Waals surface area contributed by atoms with E-state index in [9.17, 15) is 9.18 Å². The maximum atomic E-state index is 13.0. The van der Waals surface area contributed by atoms with Crippen LogP contribution in [0.1, 0.15) is 0 Å². The number of rotatable bonds is 2. The Morgan fingerprint density at radius 3 is 2.35 bits per heavy atom. The molecule has 0 N–H and O–H groups in total. The Bertz CT molecular complexity index is 1030. The standard InChI is InChI=1S/C19H11FO3/c20-15-4-1-12(2-5-15)18-10-17(21)16-6-3-13(9-19(16)23-18)14-7-8-22-11-14/h1-11H. The molecule has 2 aromatic carbocycles. The minimum Gasteiger partial charge on any atom is -0.472 e. The van der Waals surface area contributed by atoms with Gasteiger partial charge in [0.25, 0.3) is 0 Å². The molecule has 4 aromatic rings. The molecule has 112 valence electrons. The first-order valence-electron chi connectivity index (χ1n) is 7.07. The van der Waals surface area contributed by atoms with Gasteiger partial charge in [-0.25, -0.2) is 4.39 Å². The molecule has 4 heteroatoms. The fourth-order valence-electron chi connectivity index (χ4n) is 2.52. The highest BCUT2D eigenvalue weighted by atomic mass is 19.1. The van der Waals surface area contributed by atoms with Crippen LogP contribution in [0.3, 0.4) is 0 Å². The van der Waals surface area contributed by atoms with Crippen molar-refractivity contribution in [2.75, 3.05) is 0 Å². The van der Waals surface area contributed by atoms with Gasteiger partial charge < -0.3 is 8.83 Å². The van der Waals surface area contributed by atoms with Crippen molar-refractivity contribution >= 4 is 11.0 Å². The fourth-order valence-corrected chi connectivity index (χ4v) is 2.52. The Morgan fingerprint density at radius 1 is 0.826 bits per heavy atom. The Labute approximate surface area is 130 Å². The second-order valence-electron chi connectivity index (χ2n) is 5.20. The van der Waals surface area contributed by atoms with Crippen molar-refractivity contribution in [1.82, 2.24) is 0 Å². The van der Waals surface area contributed by atoms with Gasteiger partial charge in [0.15, 0.2) is 5.43 Å². The van der Waals surface area contributed by atoms with Crippen molar-refractivity contribution in [3.05, 3.63) is 83.2 Å². The Morgan fingerprint density at radius 2 is 1.61 bits per heavy atom. The van der Waals surface area contributed by atoms with Gasteiger partial charge in [-0.2, -0.15) is 0 Å². The molecule has 0 fully saturated rings. The molecule has 0 aliphatic rings. The van der Waals surface area contributed by atoms with Crippen LogP contribution in [0.4, 0.5) is 4.39 Å². The van der Waals surface area contributed by atoms with Crippen molar-refractivity contribution in [3.8, 4) is 22.5 Å². The highest BCUT2D eigenvalue weighted by Gasteiger charge is 2.09. The first-order chi connectivity index (χ1) is 11.2. The molecule has 0 amide bonds. The maximum absolute atomic E-state index is 13.0. The number of halogens is 1. The normalized spacial score (nSPS) is 11.0. The third-order valence-electron chi connectivity index (χ3n) is 3.71. The molecule has 4 rings (SSSR count). The van der Waals surface area contributed by atoms with Crippen molar-refractivity contribution in [2.45, 2.75) is 0 Å². The summed E-state index contributed by atoms with van der Waals surface area (Å²) in [4.78, 5) is 12.3. The summed E-state index contributed by atoms with van der Waals surface area (Å²) in [5.41, 5.74) is 2.80. The Hall–Kier alpha value is -3.14. The number of fused-ring (bicyclic) bond motifs is 1. The molecular formula is C19H11FO3. The van der Waals surface area contributed by atoms with Crippen molar-refractivity contribution in [1.29, 1.82) is 0 Å². The van der Waals surface area contributed by atoms with Crippen LogP contribution in [0.15, 0.2) is 80.8 Å². The van der Waals surface area contributed by atoms with Crippen LogP contribution in [0.5, 0.6) is 0 Å². The van der Waals surface area contributed by atoms with E-state index < -0.39 is 0 Å². The maximum Gasteiger partial charge on any atom is 0.193 e. The molecule has 0 bridgehead atoms. The van der Waals surface area contributed by atoms with E-state index in [4.69, 9.17) is 8.83 Å². The molecule has 0 spiro atoms. The van der Waals surface area contributed by atoms with Crippen LogP contribution in [-0.4, -0.2) is 0 Å². The molecule has 0 saturated heterocycles. The van der Waals surface area contributed by atoms with E-state index in [1.807, 2.05) is 12.1 Å². The van der Waals surface area contributed by atoms with E-state index in [1.54, 1.807) is 36.8 Å². The van der Waals surface area contributed by atoms with Gasteiger partial charge in [-0.15, -0.1) is 0 Å². The van der Waals surface area contributed by atoms with Crippen molar-refractivity contribution in [2.24, 2.45) is 0 Å². The third kappa shape index (κ3) is 2.44. The number of furan rings is 1. The molecular weight excluding hydrogens is 295 g/mol. The summed E-state index contributed by atoms with van der Waals surface area (Å²) in [6.45, 7) is 0. The average molecular weight is 306 g/mol. The SMILES string of the molecule is O=c1cc(-c2ccc(F)cc2)oc2cc(-c3ccoc3)ccc12. The van der Waals surface area contributed by atoms with E-state index in [0.29, 0.717) is 22.3 Å². The van der Waals surface area contributed by atoms with E-state index in [1.165, 1.54) is 18.2 Å². The van der Waals surface area contributed by atoms with Crippen LogP contribution in [0.2, 0.25) is 0 Å². The zero-order chi connectivity index (χ0) is 15.8. The number of hydrogen-bond acceptors (Lipinski definition) is 3. The molecule has 2 heterocycles. The van der Waals surface area contributed by atoms with Gasteiger partial charge in [-0.05, 0) is 48.0 Å². The van der Waals surface area contributed by atoms with Gasteiger partial charge in [0.05, 0.1) is 17.9 Å². The van der Waals surface area contributed by atoms with Gasteiger partial charge in [0.1, 0.15) is 17.2 Å². The van der Waals surface area contributed by atoms with Crippen LogP contribution in [-0.2, 0) is 0 Å². The molecule has 23 heavy (non-hydrogen) atoms. The largest absolute Gasteiger partial charge is 0.472 e. The predicted molar refractivity (Wildman–Crippen MR) is 85.6 cm³/mol. The van der Waals surface area contributed by atoms with Crippen molar-refractivity contribution < 1.29 is 13.2 Å². The fraction of sp³-hybridized carbons (Fsp3) is 0. The molecule has 0 aliphatic heterocycles.